The Bertz CT molecular complexity index is 609. The third-order valence-electron chi connectivity index (χ3n) is 4.62. The van der Waals surface area contributed by atoms with E-state index >= 15 is 0 Å². The molecule has 120 valence electrons. The minimum atomic E-state index is 0.174. The molecule has 4 rings (SSSR count). The fourth-order valence-corrected chi connectivity index (χ4v) is 3.65. The molecule has 1 aromatic carbocycles. The SMILES string of the molecule is c1ccc(CN2C[C@H]3COC[C@@H](C2)C3Oc2cnccn2)cc1. The number of likely N-dealkylation sites (tertiary alicyclic amines) is 1. The molecule has 0 spiro atoms. The fraction of sp³-hybridized carbons (Fsp3) is 0.444. The highest BCUT2D eigenvalue weighted by Gasteiger charge is 2.42. The van der Waals surface area contributed by atoms with Crippen molar-refractivity contribution in [3.63, 3.8) is 0 Å². The fourth-order valence-electron chi connectivity index (χ4n) is 3.65. The quantitative estimate of drug-likeness (QED) is 0.864. The van der Waals surface area contributed by atoms with E-state index in [4.69, 9.17) is 9.47 Å². The maximum Gasteiger partial charge on any atom is 0.232 e. The molecule has 1 unspecified atom stereocenters. The zero-order chi connectivity index (χ0) is 15.5. The van der Waals surface area contributed by atoms with Gasteiger partial charge in [-0.05, 0) is 5.56 Å². The number of benzene rings is 1. The van der Waals surface area contributed by atoms with Crippen LogP contribution in [-0.4, -0.2) is 47.3 Å². The van der Waals surface area contributed by atoms with Crippen LogP contribution in [0.1, 0.15) is 5.56 Å². The van der Waals surface area contributed by atoms with Crippen LogP contribution in [0.2, 0.25) is 0 Å². The van der Waals surface area contributed by atoms with Crippen LogP contribution in [0.25, 0.3) is 0 Å². The van der Waals surface area contributed by atoms with E-state index in [2.05, 4.69) is 45.2 Å². The molecule has 23 heavy (non-hydrogen) atoms. The lowest BCUT2D eigenvalue weighted by atomic mass is 9.84. The van der Waals surface area contributed by atoms with Crippen molar-refractivity contribution in [2.24, 2.45) is 11.8 Å². The number of fused-ring (bicyclic) bond motifs is 2. The van der Waals surface area contributed by atoms with Gasteiger partial charge in [0, 0.05) is 43.9 Å². The van der Waals surface area contributed by atoms with E-state index in [0.717, 1.165) is 32.8 Å². The summed E-state index contributed by atoms with van der Waals surface area (Å²) in [5.41, 5.74) is 1.36. The Morgan fingerprint density at radius 3 is 2.57 bits per heavy atom. The van der Waals surface area contributed by atoms with Gasteiger partial charge in [0.2, 0.25) is 5.88 Å². The van der Waals surface area contributed by atoms with Gasteiger partial charge in [0.25, 0.3) is 0 Å². The van der Waals surface area contributed by atoms with Crippen molar-refractivity contribution < 1.29 is 9.47 Å². The van der Waals surface area contributed by atoms with Gasteiger partial charge in [-0.25, -0.2) is 4.98 Å². The number of rotatable bonds is 4. The molecule has 2 bridgehead atoms. The van der Waals surface area contributed by atoms with E-state index in [1.807, 2.05) is 0 Å². The normalized spacial score (nSPS) is 27.6. The summed E-state index contributed by atoms with van der Waals surface area (Å²) < 4.78 is 11.9. The average molecular weight is 311 g/mol. The van der Waals surface area contributed by atoms with Gasteiger partial charge < -0.3 is 9.47 Å². The molecular weight excluding hydrogens is 290 g/mol. The summed E-state index contributed by atoms with van der Waals surface area (Å²) in [4.78, 5) is 10.9. The van der Waals surface area contributed by atoms with Crippen LogP contribution < -0.4 is 4.74 Å². The molecule has 0 amide bonds. The van der Waals surface area contributed by atoms with E-state index < -0.39 is 0 Å². The Kier molecular flexibility index (Phi) is 4.22. The standard InChI is InChI=1S/C18H21N3O2/c1-2-4-14(5-3-1)9-21-10-15-12-22-13-16(11-21)18(15)23-17-8-19-6-7-20-17/h1-8,15-16,18H,9-13H2/t15-,16+,18?. The van der Waals surface area contributed by atoms with Crippen molar-refractivity contribution >= 4 is 0 Å². The Labute approximate surface area is 136 Å². The van der Waals surface area contributed by atoms with Crippen LogP contribution in [0.3, 0.4) is 0 Å². The molecule has 2 fully saturated rings. The molecule has 3 atom stereocenters. The van der Waals surface area contributed by atoms with Crippen molar-refractivity contribution in [1.29, 1.82) is 0 Å². The highest BCUT2D eigenvalue weighted by atomic mass is 16.5. The number of aromatic nitrogens is 2. The second-order valence-electron chi connectivity index (χ2n) is 6.36. The summed E-state index contributed by atoms with van der Waals surface area (Å²) in [6, 6.07) is 10.6. The highest BCUT2D eigenvalue weighted by molar-refractivity contribution is 5.15. The zero-order valence-corrected chi connectivity index (χ0v) is 13.0. The summed E-state index contributed by atoms with van der Waals surface area (Å²) in [6.07, 6.45) is 5.20. The lowest BCUT2D eigenvalue weighted by molar-refractivity contribution is -0.116. The van der Waals surface area contributed by atoms with Crippen LogP contribution in [0.4, 0.5) is 0 Å². The summed E-state index contributed by atoms with van der Waals surface area (Å²) >= 11 is 0. The Morgan fingerprint density at radius 1 is 1.09 bits per heavy atom. The first kappa shape index (κ1) is 14.6. The van der Waals surface area contributed by atoms with Gasteiger partial charge in [-0.2, -0.15) is 0 Å². The van der Waals surface area contributed by atoms with Gasteiger partial charge in [0.1, 0.15) is 6.10 Å². The maximum atomic E-state index is 6.14. The third kappa shape index (κ3) is 3.35. The predicted molar refractivity (Wildman–Crippen MR) is 86.0 cm³/mol. The van der Waals surface area contributed by atoms with Gasteiger partial charge >= 0.3 is 0 Å². The molecular formula is C18H21N3O2. The monoisotopic (exact) mass is 311 g/mol. The second-order valence-corrected chi connectivity index (χ2v) is 6.36. The molecule has 5 nitrogen and oxygen atoms in total. The Hall–Kier alpha value is -1.98. The van der Waals surface area contributed by atoms with E-state index in [9.17, 15) is 0 Å². The lowest BCUT2D eigenvalue weighted by Gasteiger charge is -2.46. The lowest BCUT2D eigenvalue weighted by Crippen LogP contribution is -2.57. The summed E-state index contributed by atoms with van der Waals surface area (Å²) in [7, 11) is 0. The first-order valence-electron chi connectivity index (χ1n) is 8.15. The minimum absolute atomic E-state index is 0.174. The van der Waals surface area contributed by atoms with Gasteiger partial charge in [-0.1, -0.05) is 30.3 Å². The van der Waals surface area contributed by atoms with Crippen molar-refractivity contribution in [1.82, 2.24) is 14.9 Å². The van der Waals surface area contributed by atoms with Crippen LogP contribution >= 0.6 is 0 Å². The Balaban J connectivity index is 1.44. The molecule has 0 N–H and O–H groups in total. The summed E-state index contributed by atoms with van der Waals surface area (Å²) in [5, 5.41) is 0. The van der Waals surface area contributed by atoms with E-state index in [-0.39, 0.29) is 6.10 Å². The van der Waals surface area contributed by atoms with Crippen molar-refractivity contribution in [2.45, 2.75) is 12.6 Å². The molecule has 0 radical (unpaired) electrons. The van der Waals surface area contributed by atoms with Crippen LogP contribution in [-0.2, 0) is 11.3 Å². The van der Waals surface area contributed by atoms with Crippen molar-refractivity contribution in [2.75, 3.05) is 26.3 Å². The molecule has 0 aliphatic carbocycles. The smallest absolute Gasteiger partial charge is 0.232 e. The molecule has 2 saturated heterocycles. The van der Waals surface area contributed by atoms with E-state index in [0.29, 0.717) is 17.7 Å². The number of hydrogen-bond acceptors (Lipinski definition) is 5. The predicted octanol–water partition coefficient (Wildman–Crippen LogP) is 2.00. The van der Waals surface area contributed by atoms with E-state index in [1.54, 1.807) is 18.6 Å². The van der Waals surface area contributed by atoms with Gasteiger partial charge in [0.15, 0.2) is 0 Å². The molecule has 2 aromatic rings. The largest absolute Gasteiger partial charge is 0.472 e. The third-order valence-corrected chi connectivity index (χ3v) is 4.62. The van der Waals surface area contributed by atoms with Crippen LogP contribution in [0, 0.1) is 11.8 Å². The maximum absolute atomic E-state index is 6.14. The Morgan fingerprint density at radius 2 is 1.87 bits per heavy atom. The van der Waals surface area contributed by atoms with Gasteiger partial charge in [-0.15, -0.1) is 0 Å². The molecule has 0 saturated carbocycles. The van der Waals surface area contributed by atoms with Gasteiger partial charge in [-0.3, -0.25) is 9.88 Å². The number of nitrogens with zero attached hydrogens (tertiary/aromatic N) is 3. The first-order chi connectivity index (χ1) is 11.4. The molecule has 1 aromatic heterocycles. The topological polar surface area (TPSA) is 47.5 Å². The highest BCUT2D eigenvalue weighted by Crippen LogP contribution is 2.31. The van der Waals surface area contributed by atoms with Crippen molar-refractivity contribution in [3.05, 3.63) is 54.5 Å². The van der Waals surface area contributed by atoms with Gasteiger partial charge in [0.05, 0.1) is 19.4 Å². The molecule has 2 aliphatic heterocycles. The number of ether oxygens (including phenoxy) is 2. The van der Waals surface area contributed by atoms with Crippen LogP contribution in [0.5, 0.6) is 5.88 Å². The van der Waals surface area contributed by atoms with Crippen molar-refractivity contribution in [3.8, 4) is 5.88 Å². The van der Waals surface area contributed by atoms with Crippen LogP contribution in [0.15, 0.2) is 48.9 Å². The number of piperidine rings is 1. The first-order valence-corrected chi connectivity index (χ1v) is 8.15. The molecule has 2 aliphatic rings. The minimum Gasteiger partial charge on any atom is -0.472 e. The molecule has 3 heterocycles. The average Bonchev–Trinajstić information content (AvgIpc) is 2.57. The zero-order valence-electron chi connectivity index (χ0n) is 13.0. The molecule has 5 heteroatoms. The summed E-state index contributed by atoms with van der Waals surface area (Å²) in [6.45, 7) is 4.50. The number of hydrogen-bond donors (Lipinski definition) is 0. The second kappa shape index (κ2) is 6.64. The summed E-state index contributed by atoms with van der Waals surface area (Å²) in [5.74, 6) is 1.38. The van der Waals surface area contributed by atoms with E-state index in [1.165, 1.54) is 5.56 Å².